The fourth-order valence-corrected chi connectivity index (χ4v) is 8.06. The average Bonchev–Trinajstić information content (AvgIpc) is 3.28. The Balaban J connectivity index is 1.40. The zero-order chi connectivity index (χ0) is 29.3. The van der Waals surface area contributed by atoms with Crippen LogP contribution in [0.4, 0.5) is 13.2 Å². The van der Waals surface area contributed by atoms with Gasteiger partial charge in [0.25, 0.3) is 0 Å². The maximum absolute atomic E-state index is 13.8. The molecule has 2 aliphatic carbocycles. The van der Waals surface area contributed by atoms with Gasteiger partial charge in [-0.25, -0.2) is 0 Å². The van der Waals surface area contributed by atoms with Crippen LogP contribution in [0.5, 0.6) is 11.5 Å². The van der Waals surface area contributed by atoms with Gasteiger partial charge in [-0.05, 0) is 80.6 Å². The second-order valence-corrected chi connectivity index (χ2v) is 12.5. The van der Waals surface area contributed by atoms with Crippen LogP contribution in [0.15, 0.2) is 42.5 Å². The van der Waals surface area contributed by atoms with Crippen LogP contribution in [0.2, 0.25) is 0 Å². The van der Waals surface area contributed by atoms with Gasteiger partial charge in [-0.3, -0.25) is 4.79 Å². The van der Waals surface area contributed by atoms with E-state index in [0.717, 1.165) is 36.2 Å². The van der Waals surface area contributed by atoms with Gasteiger partial charge in [0.1, 0.15) is 6.10 Å². The second-order valence-electron chi connectivity index (χ2n) is 12.5. The molecule has 2 aromatic carbocycles. The van der Waals surface area contributed by atoms with Crippen LogP contribution in [0.3, 0.4) is 0 Å². The zero-order valence-corrected chi connectivity index (χ0v) is 23.9. The SMILES string of the molecule is COc1ccc2c3c1OC1C(N(CC(C)C)C(=O)/C=C/c4cccc(C(F)(F)F)c4)CC[C@@]4(O)[C@@H](C2)N(C)CC[C@]314. The smallest absolute Gasteiger partial charge is 0.416 e. The van der Waals surface area contributed by atoms with E-state index in [4.69, 9.17) is 9.47 Å². The molecule has 1 saturated heterocycles. The van der Waals surface area contributed by atoms with Crippen molar-refractivity contribution in [2.75, 3.05) is 27.2 Å². The van der Waals surface area contributed by atoms with Crippen molar-refractivity contribution in [1.29, 1.82) is 0 Å². The molecule has 0 aromatic heterocycles. The van der Waals surface area contributed by atoms with Crippen LogP contribution < -0.4 is 9.47 Å². The predicted octanol–water partition coefficient (Wildman–Crippen LogP) is 5.06. The Morgan fingerprint density at radius 2 is 2.05 bits per heavy atom. The van der Waals surface area contributed by atoms with Crippen molar-refractivity contribution in [3.63, 3.8) is 0 Å². The lowest BCUT2D eigenvalue weighted by atomic mass is 9.48. The molecule has 4 aliphatic rings. The second kappa shape index (κ2) is 9.76. The fourth-order valence-electron chi connectivity index (χ4n) is 8.06. The number of hydrogen-bond donors (Lipinski definition) is 1. The molecule has 2 fully saturated rings. The average molecular weight is 571 g/mol. The zero-order valence-electron chi connectivity index (χ0n) is 23.9. The minimum absolute atomic E-state index is 0.0646. The molecule has 41 heavy (non-hydrogen) atoms. The number of carbonyl (C=O) groups excluding carboxylic acids is 1. The monoisotopic (exact) mass is 570 g/mol. The van der Waals surface area contributed by atoms with Crippen molar-refractivity contribution in [2.24, 2.45) is 5.92 Å². The van der Waals surface area contributed by atoms with E-state index >= 15 is 0 Å². The maximum atomic E-state index is 13.8. The third kappa shape index (κ3) is 4.18. The summed E-state index contributed by atoms with van der Waals surface area (Å²) in [7, 11) is 3.67. The Kier molecular flexibility index (Phi) is 6.69. The molecule has 220 valence electrons. The minimum Gasteiger partial charge on any atom is -0.493 e. The van der Waals surface area contributed by atoms with Gasteiger partial charge in [0.15, 0.2) is 11.5 Å². The molecule has 0 radical (unpaired) electrons. The van der Waals surface area contributed by atoms with Gasteiger partial charge < -0.3 is 24.4 Å². The Morgan fingerprint density at radius 1 is 1.27 bits per heavy atom. The third-order valence-corrected chi connectivity index (χ3v) is 9.78. The molecule has 2 unspecified atom stereocenters. The van der Waals surface area contributed by atoms with Gasteiger partial charge in [0.05, 0.1) is 29.7 Å². The normalized spacial score (nSPS) is 30.3. The van der Waals surface area contributed by atoms with Gasteiger partial charge in [-0.1, -0.05) is 32.0 Å². The summed E-state index contributed by atoms with van der Waals surface area (Å²) in [6, 6.07) is 8.56. The number of piperidine rings is 1. The Hall–Kier alpha value is -3.04. The number of ether oxygens (including phenoxy) is 2. The van der Waals surface area contributed by atoms with Crippen LogP contribution in [-0.2, 0) is 22.8 Å². The topological polar surface area (TPSA) is 62.2 Å². The summed E-state index contributed by atoms with van der Waals surface area (Å²) >= 11 is 0. The Bertz CT molecular complexity index is 1390. The number of aliphatic hydroxyl groups is 1. The first-order valence-electron chi connectivity index (χ1n) is 14.4. The van der Waals surface area contributed by atoms with Crippen molar-refractivity contribution < 1.29 is 32.5 Å². The van der Waals surface area contributed by atoms with E-state index in [-0.39, 0.29) is 23.9 Å². The van der Waals surface area contributed by atoms with Crippen molar-refractivity contribution in [2.45, 2.75) is 74.9 Å². The Labute approximate surface area is 238 Å². The summed E-state index contributed by atoms with van der Waals surface area (Å²) in [4.78, 5) is 17.9. The molecule has 5 atom stereocenters. The summed E-state index contributed by atoms with van der Waals surface area (Å²) in [6.07, 6.45) is 0.341. The van der Waals surface area contributed by atoms with Crippen molar-refractivity contribution in [1.82, 2.24) is 9.80 Å². The summed E-state index contributed by atoms with van der Waals surface area (Å²) in [5.41, 5.74) is 0.00873. The molecule has 2 heterocycles. The number of halogens is 3. The first kappa shape index (κ1) is 28.1. The lowest BCUT2D eigenvalue weighted by Gasteiger charge is -2.64. The highest BCUT2D eigenvalue weighted by molar-refractivity contribution is 5.92. The molecule has 1 spiro atoms. The van der Waals surface area contributed by atoms with Gasteiger partial charge in [-0.15, -0.1) is 0 Å². The van der Waals surface area contributed by atoms with Crippen molar-refractivity contribution in [3.8, 4) is 11.5 Å². The number of alkyl halides is 3. The highest BCUT2D eigenvalue weighted by Crippen LogP contribution is 2.65. The summed E-state index contributed by atoms with van der Waals surface area (Å²) in [5.74, 6) is 1.15. The van der Waals surface area contributed by atoms with E-state index in [1.54, 1.807) is 13.2 Å². The van der Waals surface area contributed by atoms with Crippen LogP contribution >= 0.6 is 0 Å². The van der Waals surface area contributed by atoms with E-state index in [2.05, 4.69) is 18.0 Å². The van der Waals surface area contributed by atoms with E-state index in [1.807, 2.05) is 24.8 Å². The van der Waals surface area contributed by atoms with Crippen LogP contribution in [0, 0.1) is 5.92 Å². The van der Waals surface area contributed by atoms with Gasteiger partial charge in [-0.2, -0.15) is 13.2 Å². The highest BCUT2D eigenvalue weighted by Gasteiger charge is 2.73. The molecular formula is C32H37F3N2O4. The number of nitrogens with zero attached hydrogens (tertiary/aromatic N) is 2. The first-order chi connectivity index (χ1) is 19.4. The molecular weight excluding hydrogens is 533 g/mol. The number of hydrogen-bond acceptors (Lipinski definition) is 5. The van der Waals surface area contributed by atoms with Gasteiger partial charge in [0.2, 0.25) is 5.91 Å². The number of likely N-dealkylation sites (tertiary alicyclic amines) is 1. The molecule has 1 N–H and O–H groups in total. The van der Waals surface area contributed by atoms with Crippen LogP contribution in [0.1, 0.15) is 55.4 Å². The molecule has 1 saturated carbocycles. The highest BCUT2D eigenvalue weighted by atomic mass is 19.4. The molecule has 9 heteroatoms. The predicted molar refractivity (Wildman–Crippen MR) is 149 cm³/mol. The largest absolute Gasteiger partial charge is 0.493 e. The van der Waals surface area contributed by atoms with E-state index in [9.17, 15) is 23.1 Å². The fraction of sp³-hybridized carbons (Fsp3) is 0.531. The first-order valence-corrected chi connectivity index (χ1v) is 14.4. The summed E-state index contributed by atoms with van der Waals surface area (Å²) in [5, 5.41) is 12.5. The molecule has 2 aliphatic heterocycles. The quantitative estimate of drug-likeness (QED) is 0.492. The third-order valence-electron chi connectivity index (χ3n) is 9.78. The van der Waals surface area contributed by atoms with Gasteiger partial charge in [0, 0.05) is 24.2 Å². The number of likely N-dealkylation sites (N-methyl/N-ethyl adjacent to an activating group) is 1. The lowest BCUT2D eigenvalue weighted by Crippen LogP contribution is -2.78. The number of rotatable bonds is 6. The van der Waals surface area contributed by atoms with E-state index in [0.29, 0.717) is 42.9 Å². The number of benzene rings is 2. The lowest BCUT2D eigenvalue weighted by molar-refractivity contribution is -0.197. The van der Waals surface area contributed by atoms with Crippen molar-refractivity contribution >= 4 is 12.0 Å². The number of methoxy groups -OCH3 is 1. The van der Waals surface area contributed by atoms with E-state index < -0.39 is 28.9 Å². The van der Waals surface area contributed by atoms with Crippen LogP contribution in [-0.4, -0.2) is 71.8 Å². The Morgan fingerprint density at radius 3 is 2.76 bits per heavy atom. The minimum atomic E-state index is -4.46. The number of carbonyl (C=O) groups is 1. The maximum Gasteiger partial charge on any atom is 0.416 e. The molecule has 2 aromatic rings. The molecule has 1 amide bonds. The summed E-state index contributed by atoms with van der Waals surface area (Å²) < 4.78 is 52.2. The van der Waals surface area contributed by atoms with Crippen LogP contribution in [0.25, 0.3) is 6.08 Å². The molecule has 2 bridgehead atoms. The van der Waals surface area contributed by atoms with E-state index in [1.165, 1.54) is 18.2 Å². The molecule has 6 rings (SSSR count). The molecule has 6 nitrogen and oxygen atoms in total. The van der Waals surface area contributed by atoms with Crippen molar-refractivity contribution in [3.05, 3.63) is 64.7 Å². The number of amides is 1. The standard InChI is InChI=1S/C32H37F3N2O4/c1-19(2)18-37(26(38)11-8-20-6-5-7-22(16-20)32(33,34)35)23-12-13-31(39)25-17-21-9-10-24(40-4)28-27(21)30(31,29(23)41-28)14-15-36(25)3/h5-11,16,19,23,25,29,39H,12-15,17-18H2,1-4H3/b11-8+/t23?,25-,29?,30+,31-/m1/s1. The van der Waals surface area contributed by atoms with Gasteiger partial charge >= 0.3 is 6.18 Å². The summed E-state index contributed by atoms with van der Waals surface area (Å²) in [6.45, 7) is 5.31.